The highest BCUT2D eigenvalue weighted by Gasteiger charge is 2.32. The SMILES string of the molecule is CCc1cc(C#N)ccc1C(F)(F)F. The highest BCUT2D eigenvalue weighted by molar-refractivity contribution is 5.39. The van der Waals surface area contributed by atoms with Crippen LogP contribution in [0.25, 0.3) is 0 Å². The third-order valence-electron chi connectivity index (χ3n) is 1.92. The maximum absolute atomic E-state index is 12.4. The van der Waals surface area contributed by atoms with Gasteiger partial charge in [0.05, 0.1) is 17.2 Å². The zero-order valence-electron chi connectivity index (χ0n) is 7.52. The summed E-state index contributed by atoms with van der Waals surface area (Å²) in [5.41, 5.74) is -0.231. The van der Waals surface area contributed by atoms with E-state index in [0.717, 1.165) is 6.07 Å². The van der Waals surface area contributed by atoms with Crippen molar-refractivity contribution in [3.05, 3.63) is 34.9 Å². The van der Waals surface area contributed by atoms with Crippen molar-refractivity contribution in [2.75, 3.05) is 0 Å². The first-order chi connectivity index (χ1) is 6.49. The number of aryl methyl sites for hydroxylation is 1. The van der Waals surface area contributed by atoms with E-state index in [2.05, 4.69) is 0 Å². The molecule has 1 aromatic rings. The molecule has 0 bridgehead atoms. The molecule has 14 heavy (non-hydrogen) atoms. The number of hydrogen-bond acceptors (Lipinski definition) is 1. The molecule has 1 aromatic carbocycles. The van der Waals surface area contributed by atoms with Crippen molar-refractivity contribution in [1.29, 1.82) is 5.26 Å². The largest absolute Gasteiger partial charge is 0.416 e. The Labute approximate surface area is 79.8 Å². The van der Waals surface area contributed by atoms with Gasteiger partial charge in [-0.1, -0.05) is 6.92 Å². The van der Waals surface area contributed by atoms with Crippen LogP contribution in [0, 0.1) is 11.3 Å². The van der Waals surface area contributed by atoms with Crippen molar-refractivity contribution in [1.82, 2.24) is 0 Å². The summed E-state index contributed by atoms with van der Waals surface area (Å²) in [6, 6.07) is 5.23. The topological polar surface area (TPSA) is 23.8 Å². The molecular formula is C10H8F3N. The normalized spacial score (nSPS) is 11.1. The third kappa shape index (κ3) is 2.05. The quantitative estimate of drug-likeness (QED) is 0.681. The Kier molecular flexibility index (Phi) is 2.80. The van der Waals surface area contributed by atoms with Crippen LogP contribution in [0.5, 0.6) is 0 Å². The van der Waals surface area contributed by atoms with Gasteiger partial charge in [0.1, 0.15) is 0 Å². The molecule has 74 valence electrons. The number of hydrogen-bond donors (Lipinski definition) is 0. The first-order valence-corrected chi connectivity index (χ1v) is 4.09. The van der Waals surface area contributed by atoms with Crippen molar-refractivity contribution in [3.63, 3.8) is 0 Å². The second-order valence-corrected chi connectivity index (χ2v) is 2.84. The highest BCUT2D eigenvalue weighted by atomic mass is 19.4. The summed E-state index contributed by atoms with van der Waals surface area (Å²) in [7, 11) is 0. The fraction of sp³-hybridized carbons (Fsp3) is 0.300. The van der Waals surface area contributed by atoms with Gasteiger partial charge in [0.25, 0.3) is 0 Å². The van der Waals surface area contributed by atoms with Crippen LogP contribution in [-0.4, -0.2) is 0 Å². The van der Waals surface area contributed by atoms with Crippen molar-refractivity contribution in [2.24, 2.45) is 0 Å². The van der Waals surface area contributed by atoms with Crippen LogP contribution in [0.15, 0.2) is 18.2 Å². The smallest absolute Gasteiger partial charge is 0.192 e. The predicted octanol–water partition coefficient (Wildman–Crippen LogP) is 3.14. The lowest BCUT2D eigenvalue weighted by Gasteiger charge is -2.11. The van der Waals surface area contributed by atoms with Gasteiger partial charge < -0.3 is 0 Å². The summed E-state index contributed by atoms with van der Waals surface area (Å²) >= 11 is 0. The minimum atomic E-state index is -4.33. The molecule has 0 aliphatic rings. The Balaban J connectivity index is 3.27. The average Bonchev–Trinajstić information content (AvgIpc) is 2.15. The van der Waals surface area contributed by atoms with E-state index in [1.165, 1.54) is 12.1 Å². The van der Waals surface area contributed by atoms with Gasteiger partial charge in [-0.2, -0.15) is 18.4 Å². The maximum Gasteiger partial charge on any atom is 0.416 e. The van der Waals surface area contributed by atoms with Crippen molar-refractivity contribution in [2.45, 2.75) is 19.5 Å². The van der Waals surface area contributed by atoms with Gasteiger partial charge in [-0.25, -0.2) is 0 Å². The summed E-state index contributed by atoms with van der Waals surface area (Å²) in [5.74, 6) is 0. The molecule has 0 heterocycles. The van der Waals surface area contributed by atoms with Gasteiger partial charge in [-0.15, -0.1) is 0 Å². The molecule has 0 amide bonds. The number of nitriles is 1. The average molecular weight is 199 g/mol. The summed E-state index contributed by atoms with van der Waals surface area (Å²) in [5, 5.41) is 8.52. The van der Waals surface area contributed by atoms with Gasteiger partial charge in [0.2, 0.25) is 0 Å². The Morgan fingerprint density at radius 3 is 2.43 bits per heavy atom. The Morgan fingerprint density at radius 2 is 2.00 bits per heavy atom. The third-order valence-corrected chi connectivity index (χ3v) is 1.92. The molecule has 0 saturated heterocycles. The number of halogens is 3. The van der Waals surface area contributed by atoms with E-state index in [4.69, 9.17) is 5.26 Å². The molecule has 0 saturated carbocycles. The monoisotopic (exact) mass is 199 g/mol. The van der Waals surface area contributed by atoms with Gasteiger partial charge in [0, 0.05) is 0 Å². The van der Waals surface area contributed by atoms with Gasteiger partial charge in [-0.3, -0.25) is 0 Å². The molecule has 4 heteroatoms. The lowest BCUT2D eigenvalue weighted by molar-refractivity contribution is -0.138. The molecule has 0 aliphatic heterocycles. The van der Waals surface area contributed by atoms with E-state index in [-0.39, 0.29) is 17.5 Å². The maximum atomic E-state index is 12.4. The number of alkyl halides is 3. The van der Waals surface area contributed by atoms with Crippen molar-refractivity contribution < 1.29 is 13.2 Å². The lowest BCUT2D eigenvalue weighted by Crippen LogP contribution is -2.08. The van der Waals surface area contributed by atoms with Gasteiger partial charge in [-0.05, 0) is 30.2 Å². The molecule has 0 radical (unpaired) electrons. The van der Waals surface area contributed by atoms with E-state index in [0.29, 0.717) is 0 Å². The molecule has 0 atom stereocenters. The summed E-state index contributed by atoms with van der Waals surface area (Å²) < 4.78 is 37.2. The van der Waals surface area contributed by atoms with E-state index in [1.807, 2.05) is 6.07 Å². The number of benzene rings is 1. The van der Waals surface area contributed by atoms with Crippen LogP contribution in [0.4, 0.5) is 13.2 Å². The zero-order chi connectivity index (χ0) is 10.8. The zero-order valence-corrected chi connectivity index (χ0v) is 7.52. The standard InChI is InChI=1S/C10H8F3N/c1-2-8-5-7(6-14)3-4-9(8)10(11,12)13/h3-5H,2H2,1H3. The van der Waals surface area contributed by atoms with E-state index < -0.39 is 11.7 Å². The molecule has 1 nitrogen and oxygen atoms in total. The highest BCUT2D eigenvalue weighted by Crippen LogP contribution is 2.32. The van der Waals surface area contributed by atoms with Crippen LogP contribution in [0.2, 0.25) is 0 Å². The molecular weight excluding hydrogens is 191 g/mol. The number of nitrogens with zero attached hydrogens (tertiary/aromatic N) is 1. The summed E-state index contributed by atoms with van der Waals surface area (Å²) in [4.78, 5) is 0. The minimum absolute atomic E-state index is 0.163. The second-order valence-electron chi connectivity index (χ2n) is 2.84. The van der Waals surface area contributed by atoms with Crippen LogP contribution < -0.4 is 0 Å². The molecule has 0 spiro atoms. The first kappa shape index (κ1) is 10.6. The molecule has 0 fully saturated rings. The fourth-order valence-corrected chi connectivity index (χ4v) is 1.23. The molecule has 0 unspecified atom stereocenters. The van der Waals surface area contributed by atoms with E-state index >= 15 is 0 Å². The van der Waals surface area contributed by atoms with E-state index in [1.54, 1.807) is 6.92 Å². The summed E-state index contributed by atoms with van der Waals surface area (Å²) in [6.45, 7) is 1.63. The van der Waals surface area contributed by atoms with Gasteiger partial charge in [0.15, 0.2) is 0 Å². The minimum Gasteiger partial charge on any atom is -0.192 e. The fourth-order valence-electron chi connectivity index (χ4n) is 1.23. The Hall–Kier alpha value is -1.50. The predicted molar refractivity (Wildman–Crippen MR) is 45.5 cm³/mol. The number of rotatable bonds is 1. The van der Waals surface area contributed by atoms with E-state index in [9.17, 15) is 13.2 Å². The van der Waals surface area contributed by atoms with Gasteiger partial charge >= 0.3 is 6.18 Å². The molecule has 1 rings (SSSR count). The van der Waals surface area contributed by atoms with Crippen LogP contribution >= 0.6 is 0 Å². The Bertz CT molecular complexity index is 374. The van der Waals surface area contributed by atoms with Crippen LogP contribution in [-0.2, 0) is 12.6 Å². The van der Waals surface area contributed by atoms with Crippen molar-refractivity contribution in [3.8, 4) is 6.07 Å². The molecule has 0 N–H and O–H groups in total. The Morgan fingerprint density at radius 1 is 1.36 bits per heavy atom. The summed E-state index contributed by atoms with van der Waals surface area (Å²) in [6.07, 6.45) is -4.07. The molecule has 0 aromatic heterocycles. The van der Waals surface area contributed by atoms with Crippen molar-refractivity contribution >= 4 is 0 Å². The van der Waals surface area contributed by atoms with Crippen LogP contribution in [0.1, 0.15) is 23.6 Å². The lowest BCUT2D eigenvalue weighted by atomic mass is 10.0. The first-order valence-electron chi connectivity index (χ1n) is 4.09. The molecule has 0 aliphatic carbocycles. The second kappa shape index (κ2) is 3.70. The van der Waals surface area contributed by atoms with Crippen LogP contribution in [0.3, 0.4) is 0 Å².